The van der Waals surface area contributed by atoms with Crippen molar-refractivity contribution < 1.29 is 8.78 Å². The van der Waals surface area contributed by atoms with Crippen molar-refractivity contribution in [2.45, 2.75) is 19.3 Å². The lowest BCUT2D eigenvalue weighted by Gasteiger charge is -2.23. The SMILES string of the molecule is FC(F)c1ccc(NCC2CCNCC2)cc1. The van der Waals surface area contributed by atoms with Crippen molar-refractivity contribution in [3.05, 3.63) is 29.8 Å². The van der Waals surface area contributed by atoms with E-state index in [2.05, 4.69) is 10.6 Å². The molecule has 1 aromatic carbocycles. The highest BCUT2D eigenvalue weighted by Gasteiger charge is 2.12. The molecule has 0 atom stereocenters. The summed E-state index contributed by atoms with van der Waals surface area (Å²) in [6.45, 7) is 3.09. The second kappa shape index (κ2) is 5.96. The van der Waals surface area contributed by atoms with E-state index in [9.17, 15) is 8.78 Å². The first-order valence-electron chi connectivity index (χ1n) is 6.08. The molecule has 0 unspecified atom stereocenters. The van der Waals surface area contributed by atoms with Crippen LogP contribution in [0.2, 0.25) is 0 Å². The van der Waals surface area contributed by atoms with Crippen LogP contribution >= 0.6 is 0 Å². The molecule has 1 saturated heterocycles. The van der Waals surface area contributed by atoms with E-state index in [0.717, 1.165) is 25.3 Å². The monoisotopic (exact) mass is 240 g/mol. The Kier molecular flexibility index (Phi) is 4.31. The molecule has 94 valence electrons. The van der Waals surface area contributed by atoms with Crippen molar-refractivity contribution in [2.24, 2.45) is 5.92 Å². The van der Waals surface area contributed by atoms with Gasteiger partial charge in [-0.1, -0.05) is 12.1 Å². The number of anilines is 1. The first-order chi connectivity index (χ1) is 8.25. The van der Waals surface area contributed by atoms with Gasteiger partial charge >= 0.3 is 0 Å². The summed E-state index contributed by atoms with van der Waals surface area (Å²) in [4.78, 5) is 0. The molecule has 17 heavy (non-hydrogen) atoms. The fourth-order valence-electron chi connectivity index (χ4n) is 2.09. The van der Waals surface area contributed by atoms with Crippen LogP contribution in [0.25, 0.3) is 0 Å². The molecule has 1 heterocycles. The number of hydrogen-bond acceptors (Lipinski definition) is 2. The van der Waals surface area contributed by atoms with Crippen LogP contribution in [0, 0.1) is 5.92 Å². The molecular weight excluding hydrogens is 222 g/mol. The van der Waals surface area contributed by atoms with E-state index in [-0.39, 0.29) is 5.56 Å². The summed E-state index contributed by atoms with van der Waals surface area (Å²) in [6, 6.07) is 6.41. The van der Waals surface area contributed by atoms with E-state index in [0.29, 0.717) is 5.92 Å². The number of nitrogens with one attached hydrogen (secondary N) is 2. The van der Waals surface area contributed by atoms with Crippen LogP contribution in [0.1, 0.15) is 24.8 Å². The van der Waals surface area contributed by atoms with E-state index < -0.39 is 6.43 Å². The van der Waals surface area contributed by atoms with Crippen LogP contribution < -0.4 is 10.6 Å². The second-order valence-electron chi connectivity index (χ2n) is 4.50. The van der Waals surface area contributed by atoms with E-state index >= 15 is 0 Å². The Morgan fingerprint density at radius 2 is 1.82 bits per heavy atom. The quantitative estimate of drug-likeness (QED) is 0.845. The van der Waals surface area contributed by atoms with Gasteiger partial charge in [0.1, 0.15) is 0 Å². The maximum Gasteiger partial charge on any atom is 0.263 e. The highest BCUT2D eigenvalue weighted by atomic mass is 19.3. The number of alkyl halides is 2. The van der Waals surface area contributed by atoms with Gasteiger partial charge in [0.25, 0.3) is 6.43 Å². The van der Waals surface area contributed by atoms with Gasteiger partial charge in [0, 0.05) is 17.8 Å². The lowest BCUT2D eigenvalue weighted by Crippen LogP contribution is -2.31. The number of rotatable bonds is 4. The van der Waals surface area contributed by atoms with Gasteiger partial charge in [0.05, 0.1) is 0 Å². The van der Waals surface area contributed by atoms with Gasteiger partial charge in [-0.2, -0.15) is 0 Å². The van der Waals surface area contributed by atoms with Gasteiger partial charge in [-0.25, -0.2) is 8.78 Å². The molecule has 1 fully saturated rings. The molecular formula is C13H18F2N2. The molecule has 0 aliphatic carbocycles. The van der Waals surface area contributed by atoms with Gasteiger partial charge in [0.15, 0.2) is 0 Å². The Labute approximate surface area is 100 Å². The van der Waals surface area contributed by atoms with Crippen LogP contribution in [0.4, 0.5) is 14.5 Å². The minimum absolute atomic E-state index is 0.0809. The number of benzene rings is 1. The lowest BCUT2D eigenvalue weighted by atomic mass is 9.98. The van der Waals surface area contributed by atoms with E-state index in [4.69, 9.17) is 0 Å². The first kappa shape index (κ1) is 12.3. The molecule has 1 aliphatic rings. The van der Waals surface area contributed by atoms with E-state index in [1.54, 1.807) is 12.1 Å². The lowest BCUT2D eigenvalue weighted by molar-refractivity contribution is 0.151. The summed E-state index contributed by atoms with van der Waals surface area (Å²) < 4.78 is 24.7. The van der Waals surface area contributed by atoms with E-state index in [1.807, 2.05) is 0 Å². The summed E-state index contributed by atoms with van der Waals surface area (Å²) in [7, 11) is 0. The largest absolute Gasteiger partial charge is 0.385 e. The Morgan fingerprint density at radius 1 is 1.18 bits per heavy atom. The first-order valence-corrected chi connectivity index (χ1v) is 6.08. The van der Waals surface area contributed by atoms with Gasteiger partial charge in [-0.3, -0.25) is 0 Å². The van der Waals surface area contributed by atoms with Crippen molar-refractivity contribution >= 4 is 5.69 Å². The van der Waals surface area contributed by atoms with Crippen LogP contribution in [-0.2, 0) is 0 Å². The van der Waals surface area contributed by atoms with Crippen LogP contribution in [-0.4, -0.2) is 19.6 Å². The molecule has 2 nitrogen and oxygen atoms in total. The van der Waals surface area contributed by atoms with Crippen molar-refractivity contribution in [1.82, 2.24) is 5.32 Å². The molecule has 1 aliphatic heterocycles. The van der Waals surface area contributed by atoms with Gasteiger partial charge in [-0.15, -0.1) is 0 Å². The predicted molar refractivity (Wildman–Crippen MR) is 65.5 cm³/mol. The highest BCUT2D eigenvalue weighted by molar-refractivity contribution is 5.44. The average Bonchev–Trinajstić information content (AvgIpc) is 2.38. The summed E-state index contributed by atoms with van der Waals surface area (Å²) >= 11 is 0. The van der Waals surface area contributed by atoms with Crippen LogP contribution in [0.5, 0.6) is 0 Å². The fourth-order valence-corrected chi connectivity index (χ4v) is 2.09. The van der Waals surface area contributed by atoms with Crippen LogP contribution in [0.15, 0.2) is 24.3 Å². The standard InChI is InChI=1S/C13H18F2N2/c14-13(15)11-1-3-12(4-2-11)17-9-10-5-7-16-8-6-10/h1-4,10,13,16-17H,5-9H2. The third kappa shape index (κ3) is 3.66. The molecule has 0 bridgehead atoms. The summed E-state index contributed by atoms with van der Waals surface area (Å²) in [5.74, 6) is 0.686. The summed E-state index contributed by atoms with van der Waals surface area (Å²) in [5, 5.41) is 6.63. The van der Waals surface area contributed by atoms with E-state index in [1.165, 1.54) is 25.0 Å². The number of halogens is 2. The van der Waals surface area contributed by atoms with Gasteiger partial charge in [0.2, 0.25) is 0 Å². The van der Waals surface area contributed by atoms with Crippen LogP contribution in [0.3, 0.4) is 0 Å². The number of piperidine rings is 1. The number of hydrogen-bond donors (Lipinski definition) is 2. The molecule has 2 N–H and O–H groups in total. The zero-order chi connectivity index (χ0) is 12.1. The minimum atomic E-state index is -2.38. The van der Waals surface area contributed by atoms with Crippen molar-refractivity contribution in [2.75, 3.05) is 25.0 Å². The van der Waals surface area contributed by atoms with Crippen molar-refractivity contribution in [1.29, 1.82) is 0 Å². The molecule has 0 radical (unpaired) electrons. The van der Waals surface area contributed by atoms with Crippen molar-refractivity contribution in [3.8, 4) is 0 Å². The third-order valence-corrected chi connectivity index (χ3v) is 3.22. The zero-order valence-electron chi connectivity index (χ0n) is 9.76. The normalized spacial score (nSPS) is 17.4. The minimum Gasteiger partial charge on any atom is -0.385 e. The molecule has 0 spiro atoms. The Balaban J connectivity index is 1.82. The third-order valence-electron chi connectivity index (χ3n) is 3.22. The fraction of sp³-hybridized carbons (Fsp3) is 0.538. The molecule has 2 rings (SSSR count). The smallest absolute Gasteiger partial charge is 0.263 e. The molecule has 0 amide bonds. The maximum absolute atomic E-state index is 12.3. The van der Waals surface area contributed by atoms with Crippen molar-refractivity contribution in [3.63, 3.8) is 0 Å². The topological polar surface area (TPSA) is 24.1 Å². The summed E-state index contributed by atoms with van der Waals surface area (Å²) in [6.07, 6.45) is -0.0157. The molecule has 4 heteroatoms. The Hall–Kier alpha value is -1.16. The predicted octanol–water partition coefficient (Wildman–Crippen LogP) is 3.04. The Bertz CT molecular complexity index is 332. The zero-order valence-corrected chi connectivity index (χ0v) is 9.76. The summed E-state index contributed by atoms with van der Waals surface area (Å²) in [5.41, 5.74) is 1.00. The molecule has 1 aromatic rings. The molecule has 0 aromatic heterocycles. The van der Waals surface area contributed by atoms with Gasteiger partial charge in [-0.05, 0) is 44.0 Å². The second-order valence-corrected chi connectivity index (χ2v) is 4.50. The average molecular weight is 240 g/mol. The molecule has 0 saturated carbocycles. The maximum atomic E-state index is 12.3. The van der Waals surface area contributed by atoms with Gasteiger partial charge < -0.3 is 10.6 Å². The highest BCUT2D eigenvalue weighted by Crippen LogP contribution is 2.21. The Morgan fingerprint density at radius 3 is 2.41 bits per heavy atom.